The predicted octanol–water partition coefficient (Wildman–Crippen LogP) is 6.33. The lowest BCUT2D eigenvalue weighted by Crippen LogP contribution is -2.03. The van der Waals surface area contributed by atoms with Crippen molar-refractivity contribution in [3.8, 4) is 11.5 Å². The Morgan fingerprint density at radius 1 is 0.963 bits per heavy atom. The first-order valence-corrected chi connectivity index (χ1v) is 9.04. The lowest BCUT2D eigenvalue weighted by atomic mass is 10.2. The number of halogens is 3. The van der Waals surface area contributed by atoms with Crippen LogP contribution in [-0.4, -0.2) is 7.11 Å². The van der Waals surface area contributed by atoms with Crippen LogP contribution in [0, 0.1) is 5.82 Å². The van der Waals surface area contributed by atoms with E-state index in [0.29, 0.717) is 33.7 Å². The number of anilines is 1. The Labute approximate surface area is 167 Å². The molecule has 0 aliphatic carbocycles. The van der Waals surface area contributed by atoms with Gasteiger partial charge < -0.3 is 14.8 Å². The van der Waals surface area contributed by atoms with Crippen molar-refractivity contribution in [3.63, 3.8) is 0 Å². The SMILES string of the molecule is COc1cc(CNc2cc(Cl)ccc2Cl)ccc1OCc1ccccc1F. The largest absolute Gasteiger partial charge is 0.493 e. The summed E-state index contributed by atoms with van der Waals surface area (Å²) < 4.78 is 24.9. The molecule has 0 heterocycles. The molecule has 0 spiro atoms. The highest BCUT2D eigenvalue weighted by atomic mass is 35.5. The molecule has 3 aromatic rings. The second-order valence-corrected chi connectivity index (χ2v) is 6.69. The van der Waals surface area contributed by atoms with E-state index in [2.05, 4.69) is 5.32 Å². The Morgan fingerprint density at radius 3 is 2.56 bits per heavy atom. The van der Waals surface area contributed by atoms with Crippen molar-refractivity contribution < 1.29 is 13.9 Å². The Morgan fingerprint density at radius 2 is 1.78 bits per heavy atom. The minimum atomic E-state index is -0.296. The van der Waals surface area contributed by atoms with E-state index >= 15 is 0 Å². The Balaban J connectivity index is 1.68. The maximum atomic E-state index is 13.7. The molecular formula is C21H18Cl2FNO2. The Hall–Kier alpha value is -2.43. The molecule has 3 nitrogen and oxygen atoms in total. The lowest BCUT2D eigenvalue weighted by Gasteiger charge is -2.14. The fraction of sp³-hybridized carbons (Fsp3) is 0.143. The number of nitrogens with one attached hydrogen (secondary N) is 1. The number of hydrogen-bond acceptors (Lipinski definition) is 3. The van der Waals surface area contributed by atoms with E-state index in [0.717, 1.165) is 11.3 Å². The number of benzene rings is 3. The first kappa shape index (κ1) is 19.3. The van der Waals surface area contributed by atoms with Crippen LogP contribution in [0.15, 0.2) is 60.7 Å². The Bertz CT molecular complexity index is 934. The zero-order valence-electron chi connectivity index (χ0n) is 14.6. The molecule has 0 saturated heterocycles. The second kappa shape index (κ2) is 8.98. The van der Waals surface area contributed by atoms with Crippen LogP contribution < -0.4 is 14.8 Å². The molecule has 140 valence electrons. The maximum Gasteiger partial charge on any atom is 0.161 e. The van der Waals surface area contributed by atoms with Gasteiger partial charge in [0.15, 0.2) is 11.5 Å². The molecule has 0 aliphatic rings. The van der Waals surface area contributed by atoms with Gasteiger partial charge in [0.05, 0.1) is 17.8 Å². The summed E-state index contributed by atoms with van der Waals surface area (Å²) in [5, 5.41) is 4.45. The predicted molar refractivity (Wildman–Crippen MR) is 108 cm³/mol. The van der Waals surface area contributed by atoms with Gasteiger partial charge in [0.1, 0.15) is 12.4 Å². The first-order chi connectivity index (χ1) is 13.1. The second-order valence-electron chi connectivity index (χ2n) is 5.84. The van der Waals surface area contributed by atoms with Crippen LogP contribution in [0.25, 0.3) is 0 Å². The third-order valence-electron chi connectivity index (χ3n) is 3.98. The van der Waals surface area contributed by atoms with Gasteiger partial charge in [-0.1, -0.05) is 47.5 Å². The van der Waals surface area contributed by atoms with Crippen LogP contribution in [0.1, 0.15) is 11.1 Å². The lowest BCUT2D eigenvalue weighted by molar-refractivity contribution is 0.279. The summed E-state index contributed by atoms with van der Waals surface area (Å²) in [4.78, 5) is 0. The number of rotatable bonds is 7. The molecule has 27 heavy (non-hydrogen) atoms. The fourth-order valence-corrected chi connectivity index (χ4v) is 2.90. The van der Waals surface area contributed by atoms with Gasteiger partial charge in [-0.05, 0) is 42.0 Å². The van der Waals surface area contributed by atoms with Crippen LogP contribution in [0.4, 0.5) is 10.1 Å². The van der Waals surface area contributed by atoms with Gasteiger partial charge in [0, 0.05) is 17.1 Å². The fourth-order valence-electron chi connectivity index (χ4n) is 2.54. The van der Waals surface area contributed by atoms with Crippen molar-refractivity contribution in [2.45, 2.75) is 13.2 Å². The molecule has 0 bridgehead atoms. The van der Waals surface area contributed by atoms with Crippen LogP contribution in [0.2, 0.25) is 10.0 Å². The van der Waals surface area contributed by atoms with Crippen molar-refractivity contribution in [2.75, 3.05) is 12.4 Å². The average molecular weight is 406 g/mol. The highest BCUT2D eigenvalue weighted by Crippen LogP contribution is 2.30. The maximum absolute atomic E-state index is 13.7. The molecule has 0 radical (unpaired) electrons. The van der Waals surface area contributed by atoms with Gasteiger partial charge in [0.25, 0.3) is 0 Å². The van der Waals surface area contributed by atoms with Gasteiger partial charge in [0.2, 0.25) is 0 Å². The normalized spacial score (nSPS) is 10.5. The summed E-state index contributed by atoms with van der Waals surface area (Å²) in [5.74, 6) is 0.823. The van der Waals surface area contributed by atoms with Gasteiger partial charge in [-0.2, -0.15) is 0 Å². The third-order valence-corrected chi connectivity index (χ3v) is 4.55. The number of ether oxygens (including phenoxy) is 2. The summed E-state index contributed by atoms with van der Waals surface area (Å²) in [6.07, 6.45) is 0. The zero-order valence-corrected chi connectivity index (χ0v) is 16.1. The molecular weight excluding hydrogens is 388 g/mol. The molecule has 0 aliphatic heterocycles. The van der Waals surface area contributed by atoms with E-state index in [-0.39, 0.29) is 12.4 Å². The molecule has 0 amide bonds. The monoisotopic (exact) mass is 405 g/mol. The van der Waals surface area contributed by atoms with Gasteiger partial charge in [-0.15, -0.1) is 0 Å². The summed E-state index contributed by atoms with van der Waals surface area (Å²) in [5.41, 5.74) is 2.21. The van der Waals surface area contributed by atoms with Crippen molar-refractivity contribution in [1.29, 1.82) is 0 Å². The molecule has 0 fully saturated rings. The molecule has 1 N–H and O–H groups in total. The van der Waals surface area contributed by atoms with E-state index in [1.807, 2.05) is 12.1 Å². The van der Waals surface area contributed by atoms with Crippen molar-refractivity contribution in [2.24, 2.45) is 0 Å². The molecule has 6 heteroatoms. The summed E-state index contributed by atoms with van der Waals surface area (Å²) in [6, 6.07) is 17.3. The van der Waals surface area contributed by atoms with Crippen molar-refractivity contribution >= 4 is 28.9 Å². The number of hydrogen-bond donors (Lipinski definition) is 1. The average Bonchev–Trinajstić information content (AvgIpc) is 2.68. The van der Waals surface area contributed by atoms with E-state index in [1.165, 1.54) is 6.07 Å². The van der Waals surface area contributed by atoms with Gasteiger partial charge in [-0.25, -0.2) is 4.39 Å². The van der Waals surface area contributed by atoms with Gasteiger partial charge in [-0.3, -0.25) is 0 Å². The number of methoxy groups -OCH3 is 1. The summed E-state index contributed by atoms with van der Waals surface area (Å²) >= 11 is 12.2. The summed E-state index contributed by atoms with van der Waals surface area (Å²) in [7, 11) is 1.57. The minimum Gasteiger partial charge on any atom is -0.493 e. The zero-order chi connectivity index (χ0) is 19.2. The molecule has 0 saturated carbocycles. The van der Waals surface area contributed by atoms with E-state index in [4.69, 9.17) is 32.7 Å². The standard InChI is InChI=1S/C21H18Cl2FNO2/c1-26-21-10-14(12-25-19-11-16(22)7-8-17(19)23)6-9-20(21)27-13-15-4-2-3-5-18(15)24/h2-11,25H,12-13H2,1H3. The minimum absolute atomic E-state index is 0.124. The molecule has 0 aromatic heterocycles. The molecule has 3 aromatic carbocycles. The highest BCUT2D eigenvalue weighted by molar-refractivity contribution is 6.35. The van der Waals surface area contributed by atoms with E-state index in [1.54, 1.807) is 49.6 Å². The van der Waals surface area contributed by atoms with Crippen LogP contribution in [0.3, 0.4) is 0 Å². The van der Waals surface area contributed by atoms with Gasteiger partial charge >= 0.3 is 0 Å². The van der Waals surface area contributed by atoms with Crippen molar-refractivity contribution in [1.82, 2.24) is 0 Å². The quantitative estimate of drug-likeness (QED) is 0.497. The first-order valence-electron chi connectivity index (χ1n) is 8.29. The summed E-state index contributed by atoms with van der Waals surface area (Å²) in [6.45, 7) is 0.656. The van der Waals surface area contributed by atoms with Crippen LogP contribution in [0.5, 0.6) is 11.5 Å². The Kier molecular flexibility index (Phi) is 6.43. The van der Waals surface area contributed by atoms with Crippen LogP contribution >= 0.6 is 23.2 Å². The molecule has 0 unspecified atom stereocenters. The smallest absolute Gasteiger partial charge is 0.161 e. The van der Waals surface area contributed by atoms with E-state index in [9.17, 15) is 4.39 Å². The third kappa shape index (κ3) is 5.06. The van der Waals surface area contributed by atoms with Crippen molar-refractivity contribution in [3.05, 3.63) is 87.7 Å². The molecule has 0 atom stereocenters. The topological polar surface area (TPSA) is 30.5 Å². The molecule has 3 rings (SSSR count). The highest BCUT2D eigenvalue weighted by Gasteiger charge is 2.09. The van der Waals surface area contributed by atoms with Crippen LogP contribution in [-0.2, 0) is 13.2 Å². The van der Waals surface area contributed by atoms with E-state index < -0.39 is 0 Å².